The molecule has 108 valence electrons. The third-order valence-electron chi connectivity index (χ3n) is 2.04. The van der Waals surface area contributed by atoms with Crippen molar-refractivity contribution in [1.29, 1.82) is 0 Å². The van der Waals surface area contributed by atoms with Gasteiger partial charge >= 0.3 is 5.97 Å². The van der Waals surface area contributed by atoms with Crippen LogP contribution in [0.2, 0.25) is 0 Å². The number of nitrogens with two attached hydrogens (primary N) is 2. The number of nitrogens with one attached hydrogen (secondary N) is 2. The van der Waals surface area contributed by atoms with Crippen LogP contribution in [0.5, 0.6) is 0 Å². The van der Waals surface area contributed by atoms with Crippen LogP contribution >= 0.6 is 12.6 Å². The summed E-state index contributed by atoms with van der Waals surface area (Å²) in [5.74, 6) is -3.77. The Morgan fingerprint density at radius 2 is 1.74 bits per heavy atom. The van der Waals surface area contributed by atoms with Crippen molar-refractivity contribution in [3.8, 4) is 0 Å². The molecule has 7 N–H and O–H groups in total. The summed E-state index contributed by atoms with van der Waals surface area (Å²) in [4.78, 5) is 44.4. The zero-order chi connectivity index (χ0) is 15.0. The van der Waals surface area contributed by atoms with E-state index in [1.165, 1.54) is 0 Å². The van der Waals surface area contributed by atoms with E-state index in [-0.39, 0.29) is 12.3 Å². The second-order valence-corrected chi connectivity index (χ2v) is 3.94. The fourth-order valence-corrected chi connectivity index (χ4v) is 1.37. The zero-order valence-electron chi connectivity index (χ0n) is 9.96. The van der Waals surface area contributed by atoms with Gasteiger partial charge in [-0.15, -0.1) is 0 Å². The van der Waals surface area contributed by atoms with Gasteiger partial charge in [-0.2, -0.15) is 12.6 Å². The molecule has 3 amide bonds. The molecule has 0 aromatic rings. The summed E-state index contributed by atoms with van der Waals surface area (Å²) in [6, 6.07) is -2.50. The van der Waals surface area contributed by atoms with Crippen molar-refractivity contribution in [3.63, 3.8) is 0 Å². The number of carboxylic acids is 1. The fraction of sp³-hybridized carbons (Fsp3) is 0.556. The van der Waals surface area contributed by atoms with Crippen LogP contribution in [0, 0.1) is 0 Å². The molecule has 9 nitrogen and oxygen atoms in total. The lowest BCUT2D eigenvalue weighted by Gasteiger charge is -2.19. The Kier molecular flexibility index (Phi) is 7.53. The molecule has 0 bridgehead atoms. The van der Waals surface area contributed by atoms with Crippen LogP contribution < -0.4 is 22.1 Å². The standard InChI is InChI=1S/C9H16N4O5S/c10-2-7(15)12-4(1-6(11)14)8(16)13-5(3-19)9(17)18/h4-5,19H,1-3,10H2,(H2,11,14)(H,12,15)(H,13,16)(H,17,18)/t4-,5-/m0/s1. The monoisotopic (exact) mass is 292 g/mol. The summed E-state index contributed by atoms with van der Waals surface area (Å²) in [6.45, 7) is -0.378. The molecule has 0 aliphatic heterocycles. The smallest absolute Gasteiger partial charge is 0.327 e. The highest BCUT2D eigenvalue weighted by atomic mass is 32.1. The Balaban J connectivity index is 4.74. The van der Waals surface area contributed by atoms with E-state index in [0.717, 1.165) is 0 Å². The highest BCUT2D eigenvalue weighted by Crippen LogP contribution is 1.96. The van der Waals surface area contributed by atoms with Crippen molar-refractivity contribution in [1.82, 2.24) is 10.6 Å². The Bertz CT molecular complexity index is 376. The predicted octanol–water partition coefficient (Wildman–Crippen LogP) is -3.20. The summed E-state index contributed by atoms with van der Waals surface area (Å²) in [6.07, 6.45) is -0.462. The maximum Gasteiger partial charge on any atom is 0.327 e. The van der Waals surface area contributed by atoms with Gasteiger partial charge in [-0.3, -0.25) is 14.4 Å². The zero-order valence-corrected chi connectivity index (χ0v) is 10.9. The third-order valence-corrected chi connectivity index (χ3v) is 2.40. The van der Waals surface area contributed by atoms with Crippen LogP contribution in [-0.4, -0.2) is 53.2 Å². The van der Waals surface area contributed by atoms with Crippen molar-refractivity contribution in [2.24, 2.45) is 11.5 Å². The van der Waals surface area contributed by atoms with Crippen LogP contribution in [-0.2, 0) is 19.2 Å². The Morgan fingerprint density at radius 1 is 1.16 bits per heavy atom. The van der Waals surface area contributed by atoms with Gasteiger partial charge in [-0.05, 0) is 0 Å². The Labute approximate surface area is 114 Å². The van der Waals surface area contributed by atoms with Crippen molar-refractivity contribution in [2.45, 2.75) is 18.5 Å². The van der Waals surface area contributed by atoms with E-state index < -0.39 is 42.2 Å². The minimum Gasteiger partial charge on any atom is -0.480 e. The SMILES string of the molecule is NCC(=O)N[C@@H](CC(N)=O)C(=O)N[C@@H](CS)C(=O)O. The Morgan fingerprint density at radius 3 is 2.11 bits per heavy atom. The second-order valence-electron chi connectivity index (χ2n) is 3.58. The summed E-state index contributed by atoms with van der Waals surface area (Å²) >= 11 is 3.76. The van der Waals surface area contributed by atoms with Gasteiger partial charge in [-0.1, -0.05) is 0 Å². The van der Waals surface area contributed by atoms with Crippen LogP contribution in [0.4, 0.5) is 0 Å². The number of carbonyl (C=O) groups is 4. The molecule has 0 aliphatic carbocycles. The first-order valence-electron chi connectivity index (χ1n) is 5.23. The summed E-state index contributed by atoms with van der Waals surface area (Å²) in [5.41, 5.74) is 10.00. The molecule has 0 rings (SSSR count). The minimum atomic E-state index is -1.29. The van der Waals surface area contributed by atoms with Crippen LogP contribution in [0.1, 0.15) is 6.42 Å². The van der Waals surface area contributed by atoms with Crippen molar-refractivity contribution < 1.29 is 24.3 Å². The maximum absolute atomic E-state index is 11.7. The van der Waals surface area contributed by atoms with Gasteiger partial charge < -0.3 is 27.2 Å². The van der Waals surface area contributed by atoms with Gasteiger partial charge in [0.1, 0.15) is 12.1 Å². The number of hydrogen-bond acceptors (Lipinski definition) is 6. The second kappa shape index (κ2) is 8.32. The maximum atomic E-state index is 11.7. The lowest BCUT2D eigenvalue weighted by atomic mass is 10.1. The molecule has 0 unspecified atom stereocenters. The number of aliphatic carboxylic acids is 1. The van der Waals surface area contributed by atoms with Crippen LogP contribution in [0.3, 0.4) is 0 Å². The number of primary amides is 1. The molecule has 0 heterocycles. The molecule has 0 spiro atoms. The molecular weight excluding hydrogens is 276 g/mol. The van der Waals surface area contributed by atoms with Gasteiger partial charge in [0.15, 0.2) is 0 Å². The normalized spacial score (nSPS) is 13.2. The number of rotatable bonds is 8. The van der Waals surface area contributed by atoms with E-state index in [2.05, 4.69) is 23.3 Å². The molecule has 2 atom stereocenters. The average Bonchev–Trinajstić information content (AvgIpc) is 2.33. The molecular formula is C9H16N4O5S. The first-order chi connectivity index (χ1) is 8.81. The van der Waals surface area contributed by atoms with Gasteiger partial charge in [0.2, 0.25) is 17.7 Å². The van der Waals surface area contributed by atoms with Crippen molar-refractivity contribution in [3.05, 3.63) is 0 Å². The van der Waals surface area contributed by atoms with Crippen molar-refractivity contribution in [2.75, 3.05) is 12.3 Å². The highest BCUT2D eigenvalue weighted by Gasteiger charge is 2.26. The number of hydrogen-bond donors (Lipinski definition) is 6. The quantitative estimate of drug-likeness (QED) is 0.258. The van der Waals surface area contributed by atoms with Crippen LogP contribution in [0.25, 0.3) is 0 Å². The number of amides is 3. The van der Waals surface area contributed by atoms with Crippen molar-refractivity contribution >= 4 is 36.3 Å². The van der Waals surface area contributed by atoms with E-state index in [0.29, 0.717) is 0 Å². The molecule has 0 saturated carbocycles. The lowest BCUT2D eigenvalue weighted by Crippen LogP contribution is -2.54. The van der Waals surface area contributed by atoms with Gasteiger partial charge in [0, 0.05) is 5.75 Å². The number of carboxylic acid groups (broad SMARTS) is 1. The topological polar surface area (TPSA) is 165 Å². The molecule has 10 heteroatoms. The Hall–Kier alpha value is -1.81. The lowest BCUT2D eigenvalue weighted by molar-refractivity contribution is -0.141. The molecule has 0 radical (unpaired) electrons. The summed E-state index contributed by atoms with van der Waals surface area (Å²) < 4.78 is 0. The summed E-state index contributed by atoms with van der Waals surface area (Å²) in [5, 5.41) is 13.0. The molecule has 0 fully saturated rings. The van der Waals surface area contributed by atoms with Gasteiger partial charge in [0.05, 0.1) is 13.0 Å². The molecule has 0 aromatic heterocycles. The highest BCUT2D eigenvalue weighted by molar-refractivity contribution is 7.80. The van der Waals surface area contributed by atoms with Gasteiger partial charge in [0.25, 0.3) is 0 Å². The molecule has 0 aliphatic rings. The third kappa shape index (κ3) is 6.62. The number of thiol groups is 1. The molecule has 0 aromatic carbocycles. The van der Waals surface area contributed by atoms with E-state index in [1.807, 2.05) is 0 Å². The molecule has 0 saturated heterocycles. The first-order valence-corrected chi connectivity index (χ1v) is 5.86. The first kappa shape index (κ1) is 17.2. The predicted molar refractivity (Wildman–Crippen MR) is 68.2 cm³/mol. The minimum absolute atomic E-state index is 0.144. The summed E-state index contributed by atoms with van der Waals surface area (Å²) in [7, 11) is 0. The fourth-order valence-electron chi connectivity index (χ4n) is 1.12. The van der Waals surface area contributed by atoms with E-state index in [1.54, 1.807) is 0 Å². The largest absolute Gasteiger partial charge is 0.480 e. The number of carbonyl (C=O) groups excluding carboxylic acids is 3. The van der Waals surface area contributed by atoms with E-state index >= 15 is 0 Å². The van der Waals surface area contributed by atoms with Gasteiger partial charge in [-0.25, -0.2) is 4.79 Å². The van der Waals surface area contributed by atoms with E-state index in [4.69, 9.17) is 16.6 Å². The average molecular weight is 292 g/mol. The molecule has 19 heavy (non-hydrogen) atoms. The van der Waals surface area contributed by atoms with Crippen LogP contribution in [0.15, 0.2) is 0 Å². The van der Waals surface area contributed by atoms with E-state index in [9.17, 15) is 19.2 Å².